The van der Waals surface area contributed by atoms with Crippen molar-refractivity contribution in [1.29, 1.82) is 0 Å². The Labute approximate surface area is 144 Å². The van der Waals surface area contributed by atoms with Gasteiger partial charge in [0.25, 0.3) is 0 Å². The van der Waals surface area contributed by atoms with E-state index in [0.717, 1.165) is 12.1 Å². The van der Waals surface area contributed by atoms with Crippen LogP contribution in [0.3, 0.4) is 0 Å². The van der Waals surface area contributed by atoms with Gasteiger partial charge in [-0.25, -0.2) is 4.39 Å². The molecule has 1 amide bonds. The van der Waals surface area contributed by atoms with Crippen LogP contribution in [0.4, 0.5) is 4.39 Å². The zero-order chi connectivity index (χ0) is 25.5. The number of nitrogens with two attached hydrogens (primary N) is 1. The molecule has 0 aliphatic rings. The van der Waals surface area contributed by atoms with Crippen LogP contribution in [0.1, 0.15) is 33.1 Å². The lowest BCUT2D eigenvalue weighted by Gasteiger charge is -2.11. The first-order chi connectivity index (χ1) is 14.9. The van der Waals surface area contributed by atoms with Crippen LogP contribution >= 0.6 is 0 Å². The van der Waals surface area contributed by atoms with Crippen LogP contribution in [0.2, 0.25) is 0 Å². The molecule has 0 fully saturated rings. The lowest BCUT2D eigenvalue weighted by Crippen LogP contribution is -2.38. The molecule has 0 spiro atoms. The number of ether oxygens (including phenoxy) is 1. The van der Waals surface area contributed by atoms with Crippen molar-refractivity contribution in [3.05, 3.63) is 65.4 Å². The maximum atomic E-state index is 13.5. The van der Waals surface area contributed by atoms with E-state index in [0.29, 0.717) is 0 Å². The molecule has 5 heteroatoms. The van der Waals surface area contributed by atoms with Crippen molar-refractivity contribution in [3.8, 4) is 5.75 Å². The molecule has 2 aromatic carbocycles. The summed E-state index contributed by atoms with van der Waals surface area (Å²) in [5.41, 5.74) is 3.75. The first kappa shape index (κ1) is 6.79. The minimum atomic E-state index is -3.08. The van der Waals surface area contributed by atoms with Gasteiger partial charge < -0.3 is 15.8 Å². The van der Waals surface area contributed by atoms with E-state index in [-0.39, 0.29) is 5.56 Å². The van der Waals surface area contributed by atoms with Gasteiger partial charge in [0.05, 0.1) is 14.3 Å². The molecule has 0 saturated heterocycles. The quantitative estimate of drug-likeness (QED) is 0.825. The number of carbonyl (C=O) groups excluding carboxylic acids is 1. The van der Waals surface area contributed by atoms with E-state index in [9.17, 15) is 9.18 Å². The molecule has 22 heavy (non-hydrogen) atoms. The summed E-state index contributed by atoms with van der Waals surface area (Å²) in [7, 11) is 0. The summed E-state index contributed by atoms with van der Waals surface area (Å²) < 4.78 is 105. The number of hydrogen-bond acceptors (Lipinski definition) is 3. The van der Waals surface area contributed by atoms with Crippen LogP contribution in [-0.4, -0.2) is 11.9 Å². The van der Waals surface area contributed by atoms with Gasteiger partial charge in [0, 0.05) is 13.4 Å². The first-order valence-electron chi connectivity index (χ1n) is 11.5. The highest BCUT2D eigenvalue weighted by molar-refractivity contribution is 5.79. The second-order valence-corrected chi connectivity index (χ2v) is 4.02. The smallest absolute Gasteiger partial charge is 0.234 e. The van der Waals surface area contributed by atoms with E-state index < -0.39 is 73.2 Å². The molecule has 0 saturated carbocycles. The van der Waals surface area contributed by atoms with Crippen LogP contribution in [0.25, 0.3) is 0 Å². The predicted molar refractivity (Wildman–Crippen MR) is 82.7 cm³/mol. The van der Waals surface area contributed by atoms with Crippen LogP contribution in [-0.2, 0) is 17.9 Å². The maximum Gasteiger partial charge on any atom is 0.234 e. The fourth-order valence-electron chi connectivity index (χ4n) is 1.29. The van der Waals surface area contributed by atoms with E-state index in [1.807, 2.05) is 5.32 Å². The van der Waals surface area contributed by atoms with Gasteiger partial charge in [-0.1, -0.05) is 24.2 Å². The number of rotatable bonds is 7. The Morgan fingerprint density at radius 2 is 2.23 bits per heavy atom. The highest BCUT2D eigenvalue weighted by atomic mass is 19.1. The minimum absolute atomic E-state index is 0.317. The molecule has 1 atom stereocenters. The molecule has 0 radical (unpaired) electrons. The molecule has 0 aliphatic heterocycles. The molecular weight excluding hydrogens is 283 g/mol. The predicted octanol–water partition coefficient (Wildman–Crippen LogP) is 2.37. The third kappa shape index (κ3) is 4.86. The Kier molecular flexibility index (Phi) is 2.33. The van der Waals surface area contributed by atoms with Gasteiger partial charge in [-0.3, -0.25) is 4.79 Å². The van der Waals surface area contributed by atoms with Crippen molar-refractivity contribution in [3.63, 3.8) is 0 Å². The largest absolute Gasteiger partial charge is 0.489 e. The van der Waals surface area contributed by atoms with Gasteiger partial charge in [0.1, 0.15) is 18.1 Å². The molecule has 116 valence electrons. The van der Waals surface area contributed by atoms with Crippen LogP contribution in [0, 0.1) is 5.82 Å². The molecule has 2 aromatic rings. The molecule has 0 aromatic heterocycles. The molecule has 0 unspecified atom stereocenters. The minimum Gasteiger partial charge on any atom is -0.489 e. The summed E-state index contributed by atoms with van der Waals surface area (Å²) in [6, 6.07) is -1.99. The van der Waals surface area contributed by atoms with Gasteiger partial charge in [-0.2, -0.15) is 0 Å². The number of benzene rings is 2. The normalized spacial score (nSPS) is 21.0. The fraction of sp³-hybridized carbons (Fsp3) is 0.235. The third-order valence-corrected chi connectivity index (χ3v) is 2.32. The second kappa shape index (κ2) is 7.56. The molecule has 2 rings (SSSR count). The van der Waals surface area contributed by atoms with Gasteiger partial charge in [0.2, 0.25) is 5.91 Å². The summed E-state index contributed by atoms with van der Waals surface area (Å²) in [4.78, 5) is 11.5. The second-order valence-electron chi connectivity index (χ2n) is 4.02. The van der Waals surface area contributed by atoms with Crippen molar-refractivity contribution in [1.82, 2.24) is 5.32 Å². The van der Waals surface area contributed by atoms with Crippen molar-refractivity contribution in [2.75, 3.05) is 0 Å². The molecular formula is C17H19FN2O2. The van der Waals surface area contributed by atoms with E-state index in [1.54, 1.807) is 0 Å². The van der Waals surface area contributed by atoms with Crippen LogP contribution in [0.15, 0.2) is 48.4 Å². The summed E-state index contributed by atoms with van der Waals surface area (Å²) in [5, 5.41) is 1.82. The number of nitrogens with one attached hydrogen (secondary N) is 1. The van der Waals surface area contributed by atoms with E-state index in [4.69, 9.17) is 25.5 Å². The SMILES string of the molecule is [2H]c1c([2H])c(C([2H])([2H])N[C@H](C(N)=O)C([2H])([2H])[2H])c([2H])c([2H])c1OC([2H])([2H])c1cccc(F)c1. The number of primary amides is 1. The Bertz CT molecular complexity index is 1050. The molecule has 0 heterocycles. The average molecular weight is 313 g/mol. The van der Waals surface area contributed by atoms with Crippen molar-refractivity contribution in [2.45, 2.75) is 25.9 Å². The first-order valence-corrected chi connectivity index (χ1v) is 6.03. The lowest BCUT2D eigenvalue weighted by atomic mass is 10.2. The van der Waals surface area contributed by atoms with Crippen molar-refractivity contribution in [2.24, 2.45) is 5.73 Å². The maximum absolute atomic E-state index is 13.5. The molecule has 0 aliphatic carbocycles. The number of hydrogen-bond donors (Lipinski definition) is 2. The summed E-state index contributed by atoms with van der Waals surface area (Å²) >= 11 is 0. The lowest BCUT2D eigenvalue weighted by molar-refractivity contribution is -0.119. The van der Waals surface area contributed by atoms with Gasteiger partial charge in [-0.15, -0.1) is 0 Å². The Morgan fingerprint density at radius 3 is 2.86 bits per heavy atom. The van der Waals surface area contributed by atoms with E-state index >= 15 is 0 Å². The monoisotopic (exact) mass is 313 g/mol. The topological polar surface area (TPSA) is 64.3 Å². The van der Waals surface area contributed by atoms with Crippen molar-refractivity contribution < 1.29 is 29.0 Å². The van der Waals surface area contributed by atoms with Crippen LogP contribution in [0.5, 0.6) is 5.75 Å². The summed E-state index contributed by atoms with van der Waals surface area (Å²) in [6.07, 6.45) is 0. The zero-order valence-electron chi connectivity index (χ0n) is 22.2. The summed E-state index contributed by atoms with van der Waals surface area (Å²) in [6.45, 7) is -8.95. The Balaban J connectivity index is 2.57. The number of amides is 1. The third-order valence-electron chi connectivity index (χ3n) is 2.32. The highest BCUT2D eigenvalue weighted by Gasteiger charge is 2.07. The molecule has 0 bridgehead atoms. The number of halogens is 1. The highest BCUT2D eigenvalue weighted by Crippen LogP contribution is 2.14. The number of carbonyl (C=O) groups is 1. The van der Waals surface area contributed by atoms with Gasteiger partial charge >= 0.3 is 0 Å². The zero-order valence-corrected chi connectivity index (χ0v) is 11.2. The molecule has 4 nitrogen and oxygen atoms in total. The van der Waals surface area contributed by atoms with Gasteiger partial charge in [0.15, 0.2) is 0 Å². The van der Waals surface area contributed by atoms with Gasteiger partial charge in [-0.05, 0) is 42.2 Å². The standard InChI is InChI=1S/C17H19FN2O2/c1-12(17(19)21)20-10-13-5-7-16(8-6-13)22-11-14-3-2-4-15(18)9-14/h2-9,12,20H,10-11H2,1H3,(H2,19,21)/t12-/m0/s1/i1D3,5D,6D,7D,8D,10D2,11D2. The fourth-order valence-corrected chi connectivity index (χ4v) is 1.29. The summed E-state index contributed by atoms with van der Waals surface area (Å²) in [5.74, 6) is -3.11. The van der Waals surface area contributed by atoms with Crippen molar-refractivity contribution >= 4 is 5.91 Å². The van der Waals surface area contributed by atoms with E-state index in [1.165, 1.54) is 12.1 Å². The van der Waals surface area contributed by atoms with Crippen LogP contribution < -0.4 is 15.8 Å². The Morgan fingerprint density at radius 1 is 1.45 bits per heavy atom. The molecule has 3 N–H and O–H groups in total. The van der Waals surface area contributed by atoms with E-state index in [2.05, 4.69) is 0 Å². The Hall–Kier alpha value is -2.40. The average Bonchev–Trinajstić information content (AvgIpc) is 2.67.